The zero-order valence-electron chi connectivity index (χ0n) is 12.2. The third-order valence-corrected chi connectivity index (χ3v) is 4.54. The van der Waals surface area contributed by atoms with Gasteiger partial charge in [-0.15, -0.1) is 11.6 Å². The molecule has 1 heterocycles. The van der Waals surface area contributed by atoms with Crippen molar-refractivity contribution < 1.29 is 4.74 Å². The molecule has 2 aromatic rings. The molecule has 0 saturated heterocycles. The first-order valence-electron chi connectivity index (χ1n) is 6.99. The number of hydrogen-bond donors (Lipinski definition) is 0. The van der Waals surface area contributed by atoms with Crippen LogP contribution in [0.4, 0.5) is 0 Å². The van der Waals surface area contributed by atoms with Crippen LogP contribution in [-0.4, -0.2) is 27.7 Å². The second-order valence-electron chi connectivity index (χ2n) is 4.60. The molecule has 0 aliphatic heterocycles. The lowest BCUT2D eigenvalue weighted by Gasteiger charge is -2.16. The quantitative estimate of drug-likeness (QED) is 0.705. The van der Waals surface area contributed by atoms with Gasteiger partial charge in [0.2, 0.25) is 0 Å². The van der Waals surface area contributed by atoms with E-state index in [1.807, 2.05) is 30.8 Å². The van der Waals surface area contributed by atoms with Crippen LogP contribution >= 0.6 is 23.4 Å². The molecule has 1 atom stereocenters. The van der Waals surface area contributed by atoms with Crippen LogP contribution < -0.4 is 4.74 Å². The Labute approximate surface area is 129 Å². The van der Waals surface area contributed by atoms with Gasteiger partial charge in [0.15, 0.2) is 0 Å². The molecule has 20 heavy (non-hydrogen) atoms. The molecule has 1 unspecified atom stereocenters. The number of para-hydroxylation sites is 1. The summed E-state index contributed by atoms with van der Waals surface area (Å²) in [7, 11) is 0. The predicted molar refractivity (Wildman–Crippen MR) is 88.2 cm³/mol. The largest absolute Gasteiger partial charge is 0.492 e. The van der Waals surface area contributed by atoms with Crippen LogP contribution in [-0.2, 0) is 5.88 Å². The van der Waals surface area contributed by atoms with Crippen LogP contribution in [0.2, 0.25) is 0 Å². The number of halogens is 1. The molecule has 0 amide bonds. The van der Waals surface area contributed by atoms with Gasteiger partial charge in [-0.25, -0.2) is 4.98 Å². The molecule has 0 aliphatic carbocycles. The number of aromatic nitrogens is 2. The van der Waals surface area contributed by atoms with E-state index < -0.39 is 0 Å². The summed E-state index contributed by atoms with van der Waals surface area (Å²) in [5.74, 6) is 4.35. The van der Waals surface area contributed by atoms with Gasteiger partial charge < -0.3 is 9.30 Å². The minimum Gasteiger partial charge on any atom is -0.492 e. The van der Waals surface area contributed by atoms with Gasteiger partial charge in [0.05, 0.1) is 18.0 Å². The van der Waals surface area contributed by atoms with E-state index in [2.05, 4.69) is 29.5 Å². The molecular weight excluding hydrogens is 292 g/mol. The van der Waals surface area contributed by atoms with E-state index in [1.54, 1.807) is 0 Å². The predicted octanol–water partition coefficient (Wildman–Crippen LogP) is 4.49. The molecule has 0 aliphatic rings. The van der Waals surface area contributed by atoms with Gasteiger partial charge in [-0.05, 0) is 31.7 Å². The number of nitrogens with zero attached hydrogens (tertiary/aromatic N) is 2. The fourth-order valence-corrected chi connectivity index (χ4v) is 3.27. The number of imidazole rings is 1. The highest BCUT2D eigenvalue weighted by atomic mass is 35.5. The van der Waals surface area contributed by atoms with Crippen molar-refractivity contribution in [3.63, 3.8) is 0 Å². The second-order valence-corrected chi connectivity index (χ2v) is 6.18. The van der Waals surface area contributed by atoms with Crippen molar-refractivity contribution in [1.82, 2.24) is 9.55 Å². The van der Waals surface area contributed by atoms with Gasteiger partial charge in [0.1, 0.15) is 17.1 Å². The number of alkyl halides is 1. The van der Waals surface area contributed by atoms with Crippen molar-refractivity contribution in [3.05, 3.63) is 24.0 Å². The van der Waals surface area contributed by atoms with E-state index in [9.17, 15) is 0 Å². The van der Waals surface area contributed by atoms with Crippen LogP contribution in [0.25, 0.3) is 11.0 Å². The molecular formula is C15H21ClN2OS. The Morgan fingerprint density at radius 1 is 1.40 bits per heavy atom. The van der Waals surface area contributed by atoms with Crippen LogP contribution in [0.3, 0.4) is 0 Å². The summed E-state index contributed by atoms with van der Waals surface area (Å²) in [6.07, 6.45) is 0. The van der Waals surface area contributed by atoms with Crippen molar-refractivity contribution in [1.29, 1.82) is 0 Å². The molecule has 0 saturated carbocycles. The molecule has 5 heteroatoms. The Morgan fingerprint density at radius 2 is 2.20 bits per heavy atom. The standard InChI is InChI=1S/C15H21ClN2OS/c1-4-19-13-8-6-7-12-15(13)17-14(9-16)18(12)11(3)10-20-5-2/h6-8,11H,4-5,9-10H2,1-3H3. The number of thioether (sulfide) groups is 1. The fraction of sp³-hybridized carbons (Fsp3) is 0.533. The number of fused-ring (bicyclic) bond motifs is 1. The summed E-state index contributed by atoms with van der Waals surface area (Å²) in [6.45, 7) is 7.02. The minimum absolute atomic E-state index is 0.371. The van der Waals surface area contributed by atoms with Gasteiger partial charge in [0.25, 0.3) is 0 Å². The summed E-state index contributed by atoms with van der Waals surface area (Å²) in [4.78, 5) is 4.68. The summed E-state index contributed by atoms with van der Waals surface area (Å²) >= 11 is 8.01. The summed E-state index contributed by atoms with van der Waals surface area (Å²) in [5.41, 5.74) is 2.02. The number of rotatable bonds is 7. The lowest BCUT2D eigenvalue weighted by atomic mass is 10.2. The maximum Gasteiger partial charge on any atom is 0.147 e. The number of hydrogen-bond acceptors (Lipinski definition) is 3. The molecule has 1 aromatic carbocycles. The van der Waals surface area contributed by atoms with Gasteiger partial charge in [-0.1, -0.05) is 13.0 Å². The van der Waals surface area contributed by atoms with E-state index in [-0.39, 0.29) is 0 Å². The summed E-state index contributed by atoms with van der Waals surface area (Å²) in [6, 6.07) is 6.44. The SMILES string of the molecule is CCOc1cccc2c1nc(CCl)n2C(C)CSCC. The van der Waals surface area contributed by atoms with Crippen molar-refractivity contribution >= 4 is 34.4 Å². The molecule has 1 aromatic heterocycles. The first-order chi connectivity index (χ1) is 9.72. The van der Waals surface area contributed by atoms with Crippen LogP contribution in [0.5, 0.6) is 5.75 Å². The highest BCUT2D eigenvalue weighted by Crippen LogP contribution is 2.30. The zero-order valence-corrected chi connectivity index (χ0v) is 13.8. The van der Waals surface area contributed by atoms with Crippen LogP contribution in [0.1, 0.15) is 32.6 Å². The maximum absolute atomic E-state index is 6.08. The van der Waals surface area contributed by atoms with Crippen molar-refractivity contribution in [2.24, 2.45) is 0 Å². The van der Waals surface area contributed by atoms with Crippen molar-refractivity contribution in [2.45, 2.75) is 32.7 Å². The Balaban J connectivity index is 2.49. The van der Waals surface area contributed by atoms with Gasteiger partial charge >= 0.3 is 0 Å². The Hall–Kier alpha value is -0.870. The molecule has 110 valence electrons. The van der Waals surface area contributed by atoms with Gasteiger partial charge in [0, 0.05) is 11.8 Å². The van der Waals surface area contributed by atoms with Crippen molar-refractivity contribution in [3.8, 4) is 5.75 Å². The summed E-state index contributed by atoms with van der Waals surface area (Å²) < 4.78 is 7.91. The third-order valence-electron chi connectivity index (χ3n) is 3.18. The maximum atomic E-state index is 6.08. The average molecular weight is 313 g/mol. The Kier molecular flexibility index (Phi) is 5.61. The first kappa shape index (κ1) is 15.5. The molecule has 0 fully saturated rings. The normalized spacial score (nSPS) is 12.8. The molecule has 0 radical (unpaired) electrons. The molecule has 0 spiro atoms. The van der Waals surface area contributed by atoms with Gasteiger partial charge in [-0.3, -0.25) is 0 Å². The monoisotopic (exact) mass is 312 g/mol. The minimum atomic E-state index is 0.371. The number of benzene rings is 1. The Morgan fingerprint density at radius 3 is 2.85 bits per heavy atom. The highest BCUT2D eigenvalue weighted by Gasteiger charge is 2.17. The second kappa shape index (κ2) is 7.23. The highest BCUT2D eigenvalue weighted by molar-refractivity contribution is 7.99. The molecule has 2 rings (SSSR count). The number of ether oxygens (including phenoxy) is 1. The lowest BCUT2D eigenvalue weighted by molar-refractivity contribution is 0.343. The Bertz CT molecular complexity index is 570. The van der Waals surface area contributed by atoms with E-state index >= 15 is 0 Å². The molecule has 0 bridgehead atoms. The summed E-state index contributed by atoms with van der Waals surface area (Å²) in [5, 5.41) is 0. The van der Waals surface area contributed by atoms with Crippen LogP contribution in [0, 0.1) is 0 Å². The smallest absolute Gasteiger partial charge is 0.147 e. The average Bonchev–Trinajstić information content (AvgIpc) is 2.84. The lowest BCUT2D eigenvalue weighted by Crippen LogP contribution is -2.11. The van der Waals surface area contributed by atoms with Crippen LogP contribution in [0.15, 0.2) is 18.2 Å². The first-order valence-corrected chi connectivity index (χ1v) is 8.68. The molecule has 3 nitrogen and oxygen atoms in total. The van der Waals surface area contributed by atoms with E-state index in [1.165, 1.54) is 0 Å². The van der Waals surface area contributed by atoms with Crippen molar-refractivity contribution in [2.75, 3.05) is 18.1 Å². The van der Waals surface area contributed by atoms with Gasteiger partial charge in [-0.2, -0.15) is 11.8 Å². The fourth-order valence-electron chi connectivity index (χ4n) is 2.36. The van der Waals surface area contributed by atoms with E-state index in [0.717, 1.165) is 34.1 Å². The van der Waals surface area contributed by atoms with E-state index in [0.29, 0.717) is 18.5 Å². The molecule has 0 N–H and O–H groups in total. The third kappa shape index (κ3) is 3.07. The zero-order chi connectivity index (χ0) is 14.5. The van der Waals surface area contributed by atoms with E-state index in [4.69, 9.17) is 16.3 Å². The topological polar surface area (TPSA) is 27.1 Å².